The molecule has 0 amide bonds. The van der Waals surface area contributed by atoms with Crippen LogP contribution < -0.4 is 0 Å². The highest BCUT2D eigenvalue weighted by Gasteiger charge is 2.35. The fourth-order valence-corrected chi connectivity index (χ4v) is 2.68. The van der Waals surface area contributed by atoms with Gasteiger partial charge in [-0.15, -0.1) is 0 Å². The minimum Gasteiger partial charge on any atom is -0.303 e. The molecule has 1 rings (SSSR count). The molecule has 88 valence electrons. The van der Waals surface area contributed by atoms with E-state index in [1.165, 1.54) is 32.0 Å². The van der Waals surface area contributed by atoms with Gasteiger partial charge in [-0.2, -0.15) is 0 Å². The van der Waals surface area contributed by atoms with E-state index < -0.39 is 0 Å². The molecule has 0 aliphatic heterocycles. The van der Waals surface area contributed by atoms with E-state index in [1.807, 2.05) is 0 Å². The molecule has 0 N–H and O–H groups in total. The molecule has 1 saturated carbocycles. The average Bonchev–Trinajstić information content (AvgIpc) is 2.67. The van der Waals surface area contributed by atoms with E-state index in [-0.39, 0.29) is 5.41 Å². The summed E-state index contributed by atoms with van der Waals surface area (Å²) in [5, 5.41) is 0. The Morgan fingerprint density at radius 2 is 2.00 bits per heavy atom. The van der Waals surface area contributed by atoms with Crippen molar-refractivity contribution in [1.29, 1.82) is 0 Å². The molecule has 2 heteroatoms. The van der Waals surface area contributed by atoms with Crippen molar-refractivity contribution in [2.24, 2.45) is 5.41 Å². The lowest BCUT2D eigenvalue weighted by molar-refractivity contribution is -0.117. The number of hydrogen-bond donors (Lipinski definition) is 0. The molecular weight excluding hydrogens is 186 g/mol. The largest absolute Gasteiger partial charge is 0.303 e. The third-order valence-corrected chi connectivity index (χ3v) is 3.87. The van der Waals surface area contributed by atoms with E-state index in [4.69, 9.17) is 0 Å². The Morgan fingerprint density at radius 1 is 1.40 bits per heavy atom. The van der Waals surface area contributed by atoms with Gasteiger partial charge in [0.25, 0.3) is 0 Å². The van der Waals surface area contributed by atoms with Crippen molar-refractivity contribution in [1.82, 2.24) is 4.90 Å². The van der Waals surface area contributed by atoms with Crippen LogP contribution in [0.3, 0.4) is 0 Å². The summed E-state index contributed by atoms with van der Waals surface area (Å²) in [5.41, 5.74) is -0.0171. The van der Waals surface area contributed by atoms with Gasteiger partial charge in [-0.25, -0.2) is 0 Å². The zero-order valence-corrected chi connectivity index (χ0v) is 10.5. The van der Waals surface area contributed by atoms with Crippen molar-refractivity contribution in [3.8, 4) is 0 Å². The second-order valence-corrected chi connectivity index (χ2v) is 5.24. The van der Waals surface area contributed by atoms with Crippen molar-refractivity contribution in [3.05, 3.63) is 0 Å². The summed E-state index contributed by atoms with van der Waals surface area (Å²) in [7, 11) is 2.16. The average molecular weight is 211 g/mol. The molecular formula is C13H25NO. The van der Waals surface area contributed by atoms with Crippen LogP contribution in [0, 0.1) is 5.41 Å². The van der Waals surface area contributed by atoms with E-state index in [1.54, 1.807) is 0 Å². The van der Waals surface area contributed by atoms with Crippen LogP contribution in [-0.4, -0.2) is 30.8 Å². The Balaban J connectivity index is 2.47. The van der Waals surface area contributed by atoms with Gasteiger partial charge in [0.1, 0.15) is 6.29 Å². The van der Waals surface area contributed by atoms with Crippen molar-refractivity contribution in [2.75, 3.05) is 13.6 Å². The van der Waals surface area contributed by atoms with Crippen molar-refractivity contribution in [3.63, 3.8) is 0 Å². The summed E-state index contributed by atoms with van der Waals surface area (Å²) in [6.45, 7) is 5.43. The Morgan fingerprint density at radius 3 is 2.47 bits per heavy atom. The van der Waals surface area contributed by atoms with Crippen LogP contribution in [0.5, 0.6) is 0 Å². The normalized spacial score (nSPS) is 21.9. The zero-order valence-electron chi connectivity index (χ0n) is 10.5. The molecule has 0 heterocycles. The molecule has 1 fully saturated rings. The van der Waals surface area contributed by atoms with Crippen LogP contribution in [0.1, 0.15) is 52.4 Å². The summed E-state index contributed by atoms with van der Waals surface area (Å²) >= 11 is 0. The van der Waals surface area contributed by atoms with E-state index in [2.05, 4.69) is 25.8 Å². The zero-order chi connectivity index (χ0) is 11.3. The predicted octanol–water partition coefficient (Wildman–Crippen LogP) is 2.87. The van der Waals surface area contributed by atoms with Gasteiger partial charge < -0.3 is 9.69 Å². The summed E-state index contributed by atoms with van der Waals surface area (Å²) in [5.74, 6) is 0. The summed E-state index contributed by atoms with van der Waals surface area (Å²) < 4.78 is 0. The van der Waals surface area contributed by atoms with E-state index in [9.17, 15) is 4.79 Å². The third-order valence-electron chi connectivity index (χ3n) is 3.87. The van der Waals surface area contributed by atoms with Gasteiger partial charge in [-0.3, -0.25) is 0 Å². The van der Waals surface area contributed by atoms with Gasteiger partial charge >= 0.3 is 0 Å². The molecule has 0 aromatic rings. The number of aldehydes is 1. The molecule has 1 aliphatic rings. The van der Waals surface area contributed by atoms with Gasteiger partial charge in [0, 0.05) is 18.0 Å². The standard InChI is InChI=1S/C13H25NO/c1-4-7-12(2)14(3)10-13(11-15)8-5-6-9-13/h11-12H,4-10H2,1-3H3. The second kappa shape index (κ2) is 5.64. The summed E-state index contributed by atoms with van der Waals surface area (Å²) in [4.78, 5) is 13.6. The van der Waals surface area contributed by atoms with Gasteiger partial charge in [0.15, 0.2) is 0 Å². The van der Waals surface area contributed by atoms with E-state index in [0.29, 0.717) is 6.04 Å². The molecule has 0 aromatic heterocycles. The monoisotopic (exact) mass is 211 g/mol. The van der Waals surface area contributed by atoms with Gasteiger partial charge in [0.05, 0.1) is 0 Å². The van der Waals surface area contributed by atoms with Gasteiger partial charge in [0.2, 0.25) is 0 Å². The molecule has 0 aromatic carbocycles. The maximum Gasteiger partial charge on any atom is 0.127 e. The minimum atomic E-state index is -0.0171. The van der Waals surface area contributed by atoms with Crippen LogP contribution in [0.15, 0.2) is 0 Å². The Bertz CT molecular complexity index is 197. The fraction of sp³-hybridized carbons (Fsp3) is 0.923. The number of carbonyl (C=O) groups is 1. The van der Waals surface area contributed by atoms with Gasteiger partial charge in [-0.1, -0.05) is 26.2 Å². The lowest BCUT2D eigenvalue weighted by atomic mass is 9.87. The smallest absolute Gasteiger partial charge is 0.127 e. The third kappa shape index (κ3) is 3.30. The first-order chi connectivity index (χ1) is 7.13. The lowest BCUT2D eigenvalue weighted by Gasteiger charge is -2.32. The molecule has 0 saturated heterocycles. The molecule has 1 atom stereocenters. The molecule has 1 aliphatic carbocycles. The fourth-order valence-electron chi connectivity index (χ4n) is 2.68. The first kappa shape index (κ1) is 12.7. The molecule has 15 heavy (non-hydrogen) atoms. The highest BCUT2D eigenvalue weighted by Crippen LogP contribution is 2.37. The SMILES string of the molecule is CCCC(C)N(C)CC1(C=O)CCCC1. The highest BCUT2D eigenvalue weighted by molar-refractivity contribution is 5.60. The van der Waals surface area contributed by atoms with Crippen molar-refractivity contribution < 1.29 is 4.79 Å². The topological polar surface area (TPSA) is 20.3 Å². The Hall–Kier alpha value is -0.370. The lowest BCUT2D eigenvalue weighted by Crippen LogP contribution is -2.39. The highest BCUT2D eigenvalue weighted by atomic mass is 16.1. The van der Waals surface area contributed by atoms with Crippen LogP contribution in [-0.2, 0) is 4.79 Å². The molecule has 0 bridgehead atoms. The molecule has 0 spiro atoms. The second-order valence-electron chi connectivity index (χ2n) is 5.24. The first-order valence-electron chi connectivity index (χ1n) is 6.30. The van der Waals surface area contributed by atoms with E-state index >= 15 is 0 Å². The van der Waals surface area contributed by atoms with Crippen LogP contribution in [0.25, 0.3) is 0 Å². The summed E-state index contributed by atoms with van der Waals surface area (Å²) in [6, 6.07) is 0.604. The van der Waals surface area contributed by atoms with Crippen LogP contribution in [0.2, 0.25) is 0 Å². The van der Waals surface area contributed by atoms with E-state index in [0.717, 1.165) is 19.4 Å². The number of carbonyl (C=O) groups excluding carboxylic acids is 1. The van der Waals surface area contributed by atoms with Crippen molar-refractivity contribution >= 4 is 6.29 Å². The van der Waals surface area contributed by atoms with Gasteiger partial charge in [-0.05, 0) is 33.2 Å². The number of hydrogen-bond acceptors (Lipinski definition) is 2. The molecule has 0 radical (unpaired) electrons. The molecule has 1 unspecified atom stereocenters. The Kier molecular flexibility index (Phi) is 4.78. The minimum absolute atomic E-state index is 0.0171. The number of nitrogens with zero attached hydrogens (tertiary/aromatic N) is 1. The predicted molar refractivity (Wildman–Crippen MR) is 64.0 cm³/mol. The quantitative estimate of drug-likeness (QED) is 0.630. The van der Waals surface area contributed by atoms with Crippen LogP contribution in [0.4, 0.5) is 0 Å². The summed E-state index contributed by atoms with van der Waals surface area (Å²) in [6.07, 6.45) is 8.32. The Labute approximate surface area is 94.0 Å². The number of rotatable bonds is 6. The van der Waals surface area contributed by atoms with Crippen molar-refractivity contribution in [2.45, 2.75) is 58.4 Å². The maximum atomic E-state index is 11.2. The molecule has 2 nitrogen and oxygen atoms in total. The first-order valence-corrected chi connectivity index (χ1v) is 6.30. The maximum absolute atomic E-state index is 11.2. The van der Waals surface area contributed by atoms with Crippen LogP contribution >= 0.6 is 0 Å².